The van der Waals surface area contributed by atoms with E-state index >= 15 is 0 Å². The average molecular weight is 218 g/mol. The molecule has 0 aliphatic rings. The maximum atomic E-state index is 4.30. The molecule has 0 unspecified atom stereocenters. The van der Waals surface area contributed by atoms with Crippen molar-refractivity contribution in [1.29, 1.82) is 0 Å². The largest absolute Gasteiger partial charge is 0.257 e. The fraction of sp³-hybridized carbons (Fsp3) is 0.100. The Kier molecular flexibility index (Phi) is 3.14. The number of hydrogen-bond acceptors (Lipinski definition) is 4. The van der Waals surface area contributed by atoms with E-state index in [0.717, 1.165) is 16.6 Å². The Morgan fingerprint density at radius 3 is 3.13 bits per heavy atom. The molecule has 0 aliphatic heterocycles. The van der Waals surface area contributed by atoms with Gasteiger partial charge < -0.3 is 0 Å². The van der Waals surface area contributed by atoms with Gasteiger partial charge in [-0.1, -0.05) is 23.9 Å². The van der Waals surface area contributed by atoms with E-state index in [9.17, 15) is 0 Å². The van der Waals surface area contributed by atoms with Gasteiger partial charge in [-0.3, -0.25) is 10.1 Å². The van der Waals surface area contributed by atoms with Crippen molar-refractivity contribution in [2.45, 2.75) is 5.16 Å². The summed E-state index contributed by atoms with van der Waals surface area (Å²) in [5.74, 6) is 1.50. The van der Waals surface area contributed by atoms with Crippen LogP contribution in [-0.2, 0) is 0 Å². The number of nitrogens with zero attached hydrogens (tertiary/aromatic N) is 3. The number of pyridine rings is 1. The van der Waals surface area contributed by atoms with Crippen molar-refractivity contribution < 1.29 is 0 Å². The lowest BCUT2D eigenvalue weighted by atomic mass is 10.3. The third kappa shape index (κ3) is 2.44. The molecule has 76 valence electrons. The van der Waals surface area contributed by atoms with Gasteiger partial charge in [-0.25, -0.2) is 0 Å². The summed E-state index contributed by atoms with van der Waals surface area (Å²) in [4.78, 5) is 8.48. The van der Waals surface area contributed by atoms with Crippen LogP contribution in [0.2, 0.25) is 0 Å². The molecular weight excluding hydrogens is 208 g/mol. The molecule has 0 aliphatic carbocycles. The SMILES string of the molecule is C=CCSc1n[nH]c(-c2ccccn2)n1. The molecule has 2 aromatic heterocycles. The fourth-order valence-corrected chi connectivity index (χ4v) is 1.59. The third-order valence-electron chi connectivity index (χ3n) is 1.70. The number of thioether (sulfide) groups is 1. The molecule has 0 fully saturated rings. The number of hydrogen-bond donors (Lipinski definition) is 1. The maximum Gasteiger partial charge on any atom is 0.209 e. The molecule has 0 radical (unpaired) electrons. The lowest BCUT2D eigenvalue weighted by Gasteiger charge is -1.91. The van der Waals surface area contributed by atoms with Gasteiger partial charge in [0, 0.05) is 11.9 Å². The minimum atomic E-state index is 0.696. The summed E-state index contributed by atoms with van der Waals surface area (Å²) in [5, 5.41) is 7.64. The van der Waals surface area contributed by atoms with Crippen molar-refractivity contribution in [1.82, 2.24) is 20.2 Å². The van der Waals surface area contributed by atoms with Crippen LogP contribution in [0.5, 0.6) is 0 Å². The van der Waals surface area contributed by atoms with Crippen molar-refractivity contribution in [2.24, 2.45) is 0 Å². The van der Waals surface area contributed by atoms with E-state index in [1.54, 1.807) is 6.20 Å². The maximum absolute atomic E-state index is 4.30. The Morgan fingerprint density at radius 1 is 1.47 bits per heavy atom. The quantitative estimate of drug-likeness (QED) is 0.631. The van der Waals surface area contributed by atoms with Crippen molar-refractivity contribution in [3.63, 3.8) is 0 Å². The smallest absolute Gasteiger partial charge is 0.209 e. The molecule has 0 atom stereocenters. The van der Waals surface area contributed by atoms with Crippen LogP contribution in [0.1, 0.15) is 0 Å². The van der Waals surface area contributed by atoms with Gasteiger partial charge in [-0.15, -0.1) is 11.7 Å². The molecule has 0 bridgehead atoms. The minimum Gasteiger partial charge on any atom is -0.257 e. The zero-order valence-corrected chi connectivity index (χ0v) is 8.87. The highest BCUT2D eigenvalue weighted by Gasteiger charge is 2.05. The van der Waals surface area contributed by atoms with Crippen LogP contribution in [-0.4, -0.2) is 25.9 Å². The van der Waals surface area contributed by atoms with Crippen molar-refractivity contribution in [3.8, 4) is 11.5 Å². The lowest BCUT2D eigenvalue weighted by molar-refractivity contribution is 0.975. The third-order valence-corrected chi connectivity index (χ3v) is 2.55. The second kappa shape index (κ2) is 4.75. The van der Waals surface area contributed by atoms with Crippen LogP contribution < -0.4 is 0 Å². The van der Waals surface area contributed by atoms with E-state index in [-0.39, 0.29) is 0 Å². The van der Waals surface area contributed by atoms with Gasteiger partial charge in [0.05, 0.1) is 0 Å². The summed E-state index contributed by atoms with van der Waals surface area (Å²) < 4.78 is 0. The lowest BCUT2D eigenvalue weighted by Crippen LogP contribution is -1.83. The molecule has 5 heteroatoms. The molecule has 0 saturated heterocycles. The van der Waals surface area contributed by atoms with E-state index in [2.05, 4.69) is 26.7 Å². The van der Waals surface area contributed by atoms with Crippen LogP contribution >= 0.6 is 11.8 Å². The summed E-state index contributed by atoms with van der Waals surface area (Å²) in [6, 6.07) is 5.68. The first-order valence-electron chi connectivity index (χ1n) is 4.47. The molecule has 2 heterocycles. The standard InChI is InChI=1S/C10H10N4S/c1-2-7-15-10-12-9(13-14-10)8-5-3-4-6-11-8/h2-6H,1,7H2,(H,12,13,14). The molecule has 2 aromatic rings. The van der Waals surface area contributed by atoms with Gasteiger partial charge in [0.1, 0.15) is 5.69 Å². The number of aromatic amines is 1. The summed E-state index contributed by atoms with van der Waals surface area (Å²) >= 11 is 1.54. The summed E-state index contributed by atoms with van der Waals surface area (Å²) in [5.41, 5.74) is 0.801. The topological polar surface area (TPSA) is 54.5 Å². The molecule has 4 nitrogen and oxygen atoms in total. The van der Waals surface area contributed by atoms with Crippen LogP contribution in [0.4, 0.5) is 0 Å². The van der Waals surface area contributed by atoms with Crippen LogP contribution in [0.15, 0.2) is 42.2 Å². The van der Waals surface area contributed by atoms with Crippen LogP contribution in [0.25, 0.3) is 11.5 Å². The van der Waals surface area contributed by atoms with Gasteiger partial charge in [-0.2, -0.15) is 4.98 Å². The van der Waals surface area contributed by atoms with Crippen molar-refractivity contribution in [2.75, 3.05) is 5.75 Å². The predicted octanol–water partition coefficient (Wildman–Crippen LogP) is 2.14. The normalized spacial score (nSPS) is 10.1. The minimum absolute atomic E-state index is 0.696. The van der Waals surface area contributed by atoms with E-state index in [1.807, 2.05) is 24.3 Å². The highest BCUT2D eigenvalue weighted by molar-refractivity contribution is 7.99. The van der Waals surface area contributed by atoms with Crippen LogP contribution in [0.3, 0.4) is 0 Å². The molecule has 1 N–H and O–H groups in total. The summed E-state index contributed by atoms with van der Waals surface area (Å²) in [6.45, 7) is 3.64. The van der Waals surface area contributed by atoms with Gasteiger partial charge in [0.15, 0.2) is 5.82 Å². The number of aromatic nitrogens is 4. The van der Waals surface area contributed by atoms with Crippen molar-refractivity contribution in [3.05, 3.63) is 37.1 Å². The van der Waals surface area contributed by atoms with Gasteiger partial charge >= 0.3 is 0 Å². The zero-order chi connectivity index (χ0) is 10.5. The number of nitrogens with one attached hydrogen (secondary N) is 1. The summed E-state index contributed by atoms with van der Waals surface area (Å²) in [6.07, 6.45) is 3.55. The predicted molar refractivity (Wildman–Crippen MR) is 60.5 cm³/mol. The zero-order valence-electron chi connectivity index (χ0n) is 8.05. The monoisotopic (exact) mass is 218 g/mol. The first kappa shape index (κ1) is 9.92. The Bertz CT molecular complexity index is 438. The van der Waals surface area contributed by atoms with Crippen molar-refractivity contribution >= 4 is 11.8 Å². The second-order valence-electron chi connectivity index (χ2n) is 2.78. The molecule has 0 saturated carbocycles. The molecule has 15 heavy (non-hydrogen) atoms. The molecule has 0 amide bonds. The Hall–Kier alpha value is -1.62. The Balaban J connectivity index is 2.17. The fourth-order valence-electron chi connectivity index (χ4n) is 1.06. The van der Waals surface area contributed by atoms with E-state index < -0.39 is 0 Å². The van der Waals surface area contributed by atoms with Gasteiger partial charge in [0.25, 0.3) is 0 Å². The van der Waals surface area contributed by atoms with Gasteiger partial charge in [0.2, 0.25) is 5.16 Å². The van der Waals surface area contributed by atoms with E-state index in [4.69, 9.17) is 0 Å². The van der Waals surface area contributed by atoms with Crippen LogP contribution in [0, 0.1) is 0 Å². The second-order valence-corrected chi connectivity index (χ2v) is 3.77. The Labute approximate surface area is 91.9 Å². The Morgan fingerprint density at radius 2 is 2.40 bits per heavy atom. The molecule has 0 aromatic carbocycles. The highest BCUT2D eigenvalue weighted by atomic mass is 32.2. The number of H-pyrrole nitrogens is 1. The molecular formula is C10H10N4S. The molecule has 2 rings (SSSR count). The molecule has 0 spiro atoms. The number of rotatable bonds is 4. The first-order valence-corrected chi connectivity index (χ1v) is 5.46. The summed E-state index contributed by atoms with van der Waals surface area (Å²) in [7, 11) is 0. The van der Waals surface area contributed by atoms with E-state index in [1.165, 1.54) is 11.8 Å². The first-order chi connectivity index (χ1) is 7.40. The average Bonchev–Trinajstić information content (AvgIpc) is 2.76. The van der Waals surface area contributed by atoms with Gasteiger partial charge in [-0.05, 0) is 12.1 Å². The van der Waals surface area contributed by atoms with E-state index in [0.29, 0.717) is 5.82 Å². The highest BCUT2D eigenvalue weighted by Crippen LogP contribution is 2.16.